The average molecular weight is 750 g/mol. The van der Waals surface area contributed by atoms with Crippen molar-refractivity contribution in [3.05, 3.63) is 147 Å². The lowest BCUT2D eigenvalue weighted by atomic mass is 9.97. The Morgan fingerprint density at radius 2 is 0.930 bits per heavy atom. The predicted molar refractivity (Wildman–Crippen MR) is 156 cm³/mol. The smallest absolute Gasteiger partial charge is 0.258 e. The molecule has 0 heterocycles. The molecule has 0 aliphatic carbocycles. The van der Waals surface area contributed by atoms with Gasteiger partial charge in [0.1, 0.15) is 0 Å². The van der Waals surface area contributed by atoms with Crippen LogP contribution >= 0.6 is 43.6 Å². The molecule has 0 N–H and O–H groups in total. The fourth-order valence-electron chi connectivity index (χ4n) is 4.44. The molecular weight excluding hydrogens is 734 g/mol. The standard InChI is InChI=1S/C28H16Br2F6N2O4S/c29-21-13-17(37(39)40)11-19(27(31,32)33)23(21)25(15-7-3-1-4-8-15)43-26(16-9-5-2-6-10-16)24-20(28(34,35)36)12-18(38(41)42)14-22(24)30/h1-14,25-26H. The van der Waals surface area contributed by atoms with Gasteiger partial charge in [0.15, 0.2) is 0 Å². The molecule has 6 nitrogen and oxygen atoms in total. The third-order valence-electron chi connectivity index (χ3n) is 6.26. The highest BCUT2D eigenvalue weighted by Gasteiger charge is 2.42. The molecule has 0 bridgehead atoms. The number of hydrogen-bond donors (Lipinski definition) is 0. The fourth-order valence-corrected chi connectivity index (χ4v) is 7.78. The maximum absolute atomic E-state index is 14.5. The highest BCUT2D eigenvalue weighted by atomic mass is 79.9. The Bertz CT molecular complexity index is 1550. The Morgan fingerprint density at radius 1 is 0.605 bits per heavy atom. The summed E-state index contributed by atoms with van der Waals surface area (Å²) in [6.45, 7) is 0. The van der Waals surface area contributed by atoms with Crippen LogP contribution in [0.2, 0.25) is 0 Å². The van der Waals surface area contributed by atoms with Crippen LogP contribution in [-0.2, 0) is 12.4 Å². The highest BCUT2D eigenvalue weighted by Crippen LogP contribution is 2.55. The first-order chi connectivity index (χ1) is 20.1. The Balaban J connectivity index is 2.07. The number of alkyl halides is 6. The van der Waals surface area contributed by atoms with E-state index in [2.05, 4.69) is 31.9 Å². The quantitative estimate of drug-likeness (QED) is 0.102. The second-order valence-corrected chi connectivity index (χ2v) is 11.9. The van der Waals surface area contributed by atoms with Crippen LogP contribution in [0.15, 0.2) is 93.9 Å². The highest BCUT2D eigenvalue weighted by molar-refractivity contribution is 9.10. The summed E-state index contributed by atoms with van der Waals surface area (Å²) in [5.41, 5.74) is -4.72. The van der Waals surface area contributed by atoms with Gasteiger partial charge in [0, 0.05) is 33.2 Å². The number of nitrogens with zero attached hydrogens (tertiary/aromatic N) is 2. The predicted octanol–water partition coefficient (Wildman–Crippen LogP) is 10.7. The summed E-state index contributed by atoms with van der Waals surface area (Å²) in [6.07, 6.45) is -10.2. The molecule has 0 aliphatic rings. The molecule has 0 aromatic heterocycles. The Kier molecular flexibility index (Phi) is 9.57. The monoisotopic (exact) mass is 748 g/mol. The Hall–Kier alpha value is -3.43. The van der Waals surface area contributed by atoms with E-state index in [-0.39, 0.29) is 20.1 Å². The van der Waals surface area contributed by atoms with Crippen molar-refractivity contribution in [2.75, 3.05) is 0 Å². The number of benzene rings is 4. The third kappa shape index (κ3) is 7.21. The molecule has 0 spiro atoms. The van der Waals surface area contributed by atoms with E-state index in [1.165, 1.54) is 48.5 Å². The van der Waals surface area contributed by atoms with Crippen molar-refractivity contribution in [3.8, 4) is 0 Å². The number of nitro benzene ring substituents is 2. The molecule has 4 aromatic rings. The summed E-state index contributed by atoms with van der Waals surface area (Å²) in [5, 5.41) is 20.2. The van der Waals surface area contributed by atoms with Crippen LogP contribution in [0.1, 0.15) is 43.9 Å². The van der Waals surface area contributed by atoms with E-state index in [0.717, 1.165) is 23.9 Å². The maximum Gasteiger partial charge on any atom is 0.417 e. The van der Waals surface area contributed by atoms with E-state index in [1.807, 2.05) is 0 Å². The molecule has 0 amide bonds. The second kappa shape index (κ2) is 12.7. The topological polar surface area (TPSA) is 86.3 Å². The number of non-ortho nitro benzene ring substituents is 2. The number of rotatable bonds is 8. The minimum atomic E-state index is -5.08. The second-order valence-electron chi connectivity index (χ2n) is 9.00. The molecule has 0 radical (unpaired) electrons. The summed E-state index contributed by atoms with van der Waals surface area (Å²) in [6, 6.07) is 17.9. The van der Waals surface area contributed by atoms with Crippen LogP contribution < -0.4 is 0 Å². The first-order valence-electron chi connectivity index (χ1n) is 11.9. The zero-order valence-corrected chi connectivity index (χ0v) is 25.2. The van der Waals surface area contributed by atoms with E-state index in [4.69, 9.17) is 0 Å². The molecule has 4 aromatic carbocycles. The van der Waals surface area contributed by atoms with Crippen LogP contribution in [0, 0.1) is 20.2 Å². The number of thioether (sulfide) groups is 1. The van der Waals surface area contributed by atoms with Crippen molar-refractivity contribution in [2.45, 2.75) is 22.9 Å². The molecular formula is C28H16Br2F6N2O4S. The molecule has 0 aliphatic heterocycles. The van der Waals surface area contributed by atoms with Crippen molar-refractivity contribution in [2.24, 2.45) is 0 Å². The maximum atomic E-state index is 14.5. The van der Waals surface area contributed by atoms with Gasteiger partial charge in [-0.3, -0.25) is 20.2 Å². The summed E-state index contributed by atoms with van der Waals surface area (Å²) in [5.74, 6) is 0. The summed E-state index contributed by atoms with van der Waals surface area (Å²) < 4.78 is 86.2. The van der Waals surface area contributed by atoms with Gasteiger partial charge in [-0.15, -0.1) is 11.8 Å². The summed E-state index contributed by atoms with van der Waals surface area (Å²) in [7, 11) is 0. The van der Waals surface area contributed by atoms with Gasteiger partial charge in [-0.1, -0.05) is 92.5 Å². The number of hydrogen-bond acceptors (Lipinski definition) is 5. The lowest BCUT2D eigenvalue weighted by Gasteiger charge is -2.30. The van der Waals surface area contributed by atoms with Gasteiger partial charge < -0.3 is 0 Å². The van der Waals surface area contributed by atoms with Crippen LogP contribution in [0.5, 0.6) is 0 Å². The fraction of sp³-hybridized carbons (Fsp3) is 0.143. The van der Waals surface area contributed by atoms with Crippen molar-refractivity contribution in [1.82, 2.24) is 0 Å². The average Bonchev–Trinajstić information content (AvgIpc) is 2.93. The van der Waals surface area contributed by atoms with E-state index in [0.29, 0.717) is 12.1 Å². The molecule has 0 fully saturated rings. The van der Waals surface area contributed by atoms with Gasteiger partial charge in [0.2, 0.25) is 0 Å². The zero-order chi connectivity index (χ0) is 31.7. The summed E-state index contributed by atoms with van der Waals surface area (Å²) >= 11 is 6.85. The van der Waals surface area contributed by atoms with Crippen LogP contribution in [0.3, 0.4) is 0 Å². The van der Waals surface area contributed by atoms with Crippen LogP contribution in [0.4, 0.5) is 37.7 Å². The molecule has 0 saturated heterocycles. The first-order valence-corrected chi connectivity index (χ1v) is 14.5. The van der Waals surface area contributed by atoms with Crippen molar-refractivity contribution >= 4 is 55.0 Å². The number of nitro groups is 2. The largest absolute Gasteiger partial charge is 0.417 e. The number of halogens is 8. The minimum Gasteiger partial charge on any atom is -0.258 e. The SMILES string of the molecule is O=[N+]([O-])c1cc(Br)c(C(SC(c2ccccc2)c2c(Br)cc([N+](=O)[O-])cc2C(F)(F)F)c2ccccc2)c(C(F)(F)F)c1. The van der Waals surface area contributed by atoms with Gasteiger partial charge in [-0.25, -0.2) is 0 Å². The van der Waals surface area contributed by atoms with Gasteiger partial charge in [0.05, 0.1) is 31.5 Å². The molecule has 4 rings (SSSR count). The van der Waals surface area contributed by atoms with Gasteiger partial charge in [-0.2, -0.15) is 26.3 Å². The zero-order valence-electron chi connectivity index (χ0n) is 21.2. The molecule has 43 heavy (non-hydrogen) atoms. The van der Waals surface area contributed by atoms with E-state index >= 15 is 0 Å². The van der Waals surface area contributed by atoms with Gasteiger partial charge in [-0.05, 0) is 22.3 Å². The van der Waals surface area contributed by atoms with Crippen molar-refractivity contribution < 1.29 is 36.2 Å². The lowest BCUT2D eigenvalue weighted by molar-refractivity contribution is -0.385. The minimum absolute atomic E-state index is 0.264. The summed E-state index contributed by atoms with van der Waals surface area (Å²) in [4.78, 5) is 20.9. The van der Waals surface area contributed by atoms with E-state index in [1.54, 1.807) is 12.1 Å². The molecule has 0 saturated carbocycles. The first kappa shape index (κ1) is 32.5. The van der Waals surface area contributed by atoms with Crippen molar-refractivity contribution in [1.29, 1.82) is 0 Å². The third-order valence-corrected chi connectivity index (χ3v) is 9.13. The van der Waals surface area contributed by atoms with Gasteiger partial charge >= 0.3 is 12.4 Å². The molecule has 15 heteroatoms. The normalized spacial score (nSPS) is 13.4. The van der Waals surface area contributed by atoms with Crippen LogP contribution in [-0.4, -0.2) is 9.85 Å². The molecule has 224 valence electrons. The Morgan fingerprint density at radius 3 is 1.21 bits per heavy atom. The lowest BCUT2D eigenvalue weighted by Crippen LogP contribution is -2.16. The van der Waals surface area contributed by atoms with E-state index in [9.17, 15) is 46.6 Å². The van der Waals surface area contributed by atoms with Gasteiger partial charge in [0.25, 0.3) is 11.4 Å². The molecule has 2 atom stereocenters. The van der Waals surface area contributed by atoms with E-state index < -0.39 is 66.3 Å². The Labute approximate surface area is 260 Å². The van der Waals surface area contributed by atoms with Crippen molar-refractivity contribution in [3.63, 3.8) is 0 Å². The van der Waals surface area contributed by atoms with Crippen LogP contribution in [0.25, 0.3) is 0 Å². The molecule has 2 unspecified atom stereocenters.